The Morgan fingerprint density at radius 1 is 1.29 bits per heavy atom. The normalized spacial score (nSPS) is 31.6. The fourth-order valence-corrected chi connectivity index (χ4v) is 4.37. The second kappa shape index (κ2) is 5.41. The van der Waals surface area contributed by atoms with Gasteiger partial charge in [0.25, 0.3) is 0 Å². The molecular formula is C17H23N3O. The summed E-state index contributed by atoms with van der Waals surface area (Å²) in [5.74, 6) is 0.918. The van der Waals surface area contributed by atoms with Gasteiger partial charge in [-0.3, -0.25) is 9.78 Å². The van der Waals surface area contributed by atoms with Crippen LogP contribution in [0.1, 0.15) is 36.9 Å². The van der Waals surface area contributed by atoms with E-state index in [1.807, 2.05) is 12.3 Å². The Morgan fingerprint density at radius 2 is 2.24 bits per heavy atom. The van der Waals surface area contributed by atoms with Crippen molar-refractivity contribution in [3.8, 4) is 0 Å². The fourth-order valence-electron chi connectivity index (χ4n) is 4.37. The van der Waals surface area contributed by atoms with E-state index in [9.17, 15) is 4.79 Å². The van der Waals surface area contributed by atoms with Gasteiger partial charge in [0.15, 0.2) is 0 Å². The van der Waals surface area contributed by atoms with Crippen molar-refractivity contribution in [2.75, 3.05) is 13.1 Å². The molecule has 0 radical (unpaired) electrons. The average molecular weight is 285 g/mol. The zero-order chi connectivity index (χ0) is 14.2. The molecule has 0 saturated carbocycles. The Morgan fingerprint density at radius 3 is 3.05 bits per heavy atom. The maximum atomic E-state index is 12.7. The van der Waals surface area contributed by atoms with Crippen molar-refractivity contribution in [2.45, 2.75) is 50.6 Å². The lowest BCUT2D eigenvalue weighted by Gasteiger charge is -2.31. The molecule has 3 atom stereocenters. The van der Waals surface area contributed by atoms with Gasteiger partial charge in [0.1, 0.15) is 0 Å². The number of fused-ring (bicyclic) bond motifs is 1. The molecule has 21 heavy (non-hydrogen) atoms. The molecule has 3 heterocycles. The molecule has 3 aliphatic rings. The smallest absolute Gasteiger partial charge is 0.239 e. The summed E-state index contributed by atoms with van der Waals surface area (Å²) in [4.78, 5) is 19.4. The van der Waals surface area contributed by atoms with Crippen molar-refractivity contribution in [2.24, 2.45) is 5.92 Å². The van der Waals surface area contributed by atoms with Crippen LogP contribution in [0, 0.1) is 5.92 Å². The van der Waals surface area contributed by atoms with E-state index in [4.69, 9.17) is 0 Å². The fraction of sp³-hybridized carbons (Fsp3) is 0.647. The van der Waals surface area contributed by atoms with Crippen LogP contribution in [0.15, 0.2) is 18.3 Å². The molecule has 4 rings (SSSR count). The Bertz CT molecular complexity index is 514. The molecule has 2 aliphatic heterocycles. The number of carbonyl (C=O) groups excluding carboxylic acids is 1. The van der Waals surface area contributed by atoms with Crippen molar-refractivity contribution >= 4 is 5.91 Å². The van der Waals surface area contributed by atoms with E-state index in [1.165, 1.54) is 11.3 Å². The van der Waals surface area contributed by atoms with Gasteiger partial charge in [0, 0.05) is 24.5 Å². The molecule has 0 spiro atoms. The number of hydrogen-bond acceptors (Lipinski definition) is 3. The molecule has 1 amide bonds. The van der Waals surface area contributed by atoms with Gasteiger partial charge in [0.2, 0.25) is 5.91 Å². The highest BCUT2D eigenvalue weighted by Gasteiger charge is 2.40. The number of hydrogen-bond donors (Lipinski definition) is 1. The standard InChI is InChI=1S/C17H23N3O/c21-17(14-5-2-8-18-14)20-9-3-6-16(20)13-10-12-4-1-7-19-15(12)11-13/h1,4,7,13-14,16,18H,2-3,5-6,8-11H2/t13?,14?,16-/m0/s1. The lowest BCUT2D eigenvalue weighted by molar-refractivity contribution is -0.134. The first-order valence-electron chi connectivity index (χ1n) is 8.29. The highest BCUT2D eigenvalue weighted by atomic mass is 16.2. The van der Waals surface area contributed by atoms with E-state index >= 15 is 0 Å². The lowest BCUT2D eigenvalue weighted by atomic mass is 9.94. The third-order valence-corrected chi connectivity index (χ3v) is 5.41. The largest absolute Gasteiger partial charge is 0.338 e. The number of likely N-dealkylation sites (tertiary alicyclic amines) is 1. The molecule has 1 N–H and O–H groups in total. The highest BCUT2D eigenvalue weighted by molar-refractivity contribution is 5.82. The first kappa shape index (κ1) is 13.3. The lowest BCUT2D eigenvalue weighted by Crippen LogP contribution is -2.48. The molecule has 2 saturated heterocycles. The molecule has 1 aromatic rings. The van der Waals surface area contributed by atoms with Crippen LogP contribution in [0.4, 0.5) is 0 Å². The SMILES string of the molecule is O=C(C1CCCN1)N1CCC[C@H]1C1Cc2cccnc2C1. The van der Waals surface area contributed by atoms with Gasteiger partial charge in [-0.1, -0.05) is 6.07 Å². The monoisotopic (exact) mass is 285 g/mol. The summed E-state index contributed by atoms with van der Waals surface area (Å²) < 4.78 is 0. The summed E-state index contributed by atoms with van der Waals surface area (Å²) in [5, 5.41) is 3.36. The van der Waals surface area contributed by atoms with Gasteiger partial charge in [-0.05, 0) is 62.6 Å². The van der Waals surface area contributed by atoms with Crippen LogP contribution in [-0.4, -0.2) is 41.0 Å². The van der Waals surface area contributed by atoms with Gasteiger partial charge in [0.05, 0.1) is 6.04 Å². The van der Waals surface area contributed by atoms with Crippen LogP contribution in [-0.2, 0) is 17.6 Å². The van der Waals surface area contributed by atoms with Gasteiger partial charge in [-0.2, -0.15) is 0 Å². The summed E-state index contributed by atoms with van der Waals surface area (Å²) in [6, 6.07) is 4.73. The quantitative estimate of drug-likeness (QED) is 0.896. The summed E-state index contributed by atoms with van der Waals surface area (Å²) >= 11 is 0. The Kier molecular flexibility index (Phi) is 3.42. The second-order valence-corrected chi connectivity index (χ2v) is 6.67. The average Bonchev–Trinajstić information content (AvgIpc) is 3.24. The van der Waals surface area contributed by atoms with Gasteiger partial charge in [-0.25, -0.2) is 0 Å². The van der Waals surface area contributed by atoms with E-state index in [0.717, 1.165) is 51.6 Å². The maximum Gasteiger partial charge on any atom is 0.239 e. The van der Waals surface area contributed by atoms with Crippen LogP contribution < -0.4 is 5.32 Å². The van der Waals surface area contributed by atoms with Crippen LogP contribution in [0.3, 0.4) is 0 Å². The minimum absolute atomic E-state index is 0.0764. The minimum Gasteiger partial charge on any atom is -0.338 e. The van der Waals surface area contributed by atoms with Crippen molar-refractivity contribution < 1.29 is 4.79 Å². The van der Waals surface area contributed by atoms with Crippen LogP contribution in [0.25, 0.3) is 0 Å². The number of carbonyl (C=O) groups is 1. The van der Waals surface area contributed by atoms with E-state index < -0.39 is 0 Å². The van der Waals surface area contributed by atoms with E-state index in [2.05, 4.69) is 21.3 Å². The molecule has 2 fully saturated rings. The van der Waals surface area contributed by atoms with Gasteiger partial charge in [-0.15, -0.1) is 0 Å². The zero-order valence-corrected chi connectivity index (χ0v) is 12.4. The second-order valence-electron chi connectivity index (χ2n) is 6.67. The third kappa shape index (κ3) is 2.35. The third-order valence-electron chi connectivity index (χ3n) is 5.41. The Hall–Kier alpha value is -1.42. The zero-order valence-electron chi connectivity index (χ0n) is 12.4. The summed E-state index contributed by atoms with van der Waals surface area (Å²) in [6.07, 6.45) is 8.49. The van der Waals surface area contributed by atoms with E-state index in [0.29, 0.717) is 17.9 Å². The molecule has 112 valence electrons. The molecule has 4 nitrogen and oxygen atoms in total. The Balaban J connectivity index is 1.49. The van der Waals surface area contributed by atoms with Crippen LogP contribution >= 0.6 is 0 Å². The number of nitrogens with one attached hydrogen (secondary N) is 1. The number of amides is 1. The molecule has 0 bridgehead atoms. The minimum atomic E-state index is 0.0764. The van der Waals surface area contributed by atoms with Gasteiger partial charge >= 0.3 is 0 Å². The van der Waals surface area contributed by atoms with Crippen LogP contribution in [0.2, 0.25) is 0 Å². The molecule has 1 aliphatic carbocycles. The summed E-state index contributed by atoms with van der Waals surface area (Å²) in [5.41, 5.74) is 2.64. The summed E-state index contributed by atoms with van der Waals surface area (Å²) in [6.45, 7) is 1.94. The molecule has 2 unspecified atom stereocenters. The van der Waals surface area contributed by atoms with Crippen LogP contribution in [0.5, 0.6) is 0 Å². The predicted molar refractivity (Wildman–Crippen MR) is 80.9 cm³/mol. The van der Waals surface area contributed by atoms with Crippen molar-refractivity contribution in [1.82, 2.24) is 15.2 Å². The Labute approximate surface area is 125 Å². The molecule has 0 aromatic carbocycles. The number of aromatic nitrogens is 1. The van der Waals surface area contributed by atoms with Gasteiger partial charge < -0.3 is 10.2 Å². The number of pyridine rings is 1. The molecule has 1 aromatic heterocycles. The topological polar surface area (TPSA) is 45.2 Å². The number of nitrogens with zero attached hydrogens (tertiary/aromatic N) is 2. The van der Waals surface area contributed by atoms with E-state index in [1.54, 1.807) is 0 Å². The van der Waals surface area contributed by atoms with Crippen molar-refractivity contribution in [3.63, 3.8) is 0 Å². The van der Waals surface area contributed by atoms with E-state index in [-0.39, 0.29) is 6.04 Å². The highest BCUT2D eigenvalue weighted by Crippen LogP contribution is 2.34. The number of rotatable bonds is 2. The maximum absolute atomic E-state index is 12.7. The first-order valence-corrected chi connectivity index (χ1v) is 8.29. The van der Waals surface area contributed by atoms with Crippen molar-refractivity contribution in [3.05, 3.63) is 29.6 Å². The molecular weight excluding hydrogens is 262 g/mol. The molecule has 4 heteroatoms. The first-order chi connectivity index (χ1) is 10.3. The summed E-state index contributed by atoms with van der Waals surface area (Å²) in [7, 11) is 0. The predicted octanol–water partition coefficient (Wildman–Crippen LogP) is 1.54. The van der Waals surface area contributed by atoms with Crippen molar-refractivity contribution in [1.29, 1.82) is 0 Å².